The fourth-order valence-corrected chi connectivity index (χ4v) is 1.13. The number of ether oxygens (including phenoxy) is 1. The van der Waals surface area contributed by atoms with Crippen LogP contribution in [0.2, 0.25) is 0 Å². The lowest BCUT2D eigenvalue weighted by Crippen LogP contribution is -2.35. The predicted octanol–water partition coefficient (Wildman–Crippen LogP) is 2.87. The first-order valence-corrected chi connectivity index (χ1v) is 4.66. The maximum atomic E-state index is 12.5. The maximum Gasteiger partial charge on any atom is 0.513 e. The molecule has 0 heterocycles. The number of hydrogen-bond donors (Lipinski definition) is 0. The van der Waals surface area contributed by atoms with Crippen LogP contribution in [0.5, 0.6) is 5.75 Å². The molecule has 0 aliphatic heterocycles. The molecule has 0 N–H and O–H groups in total. The molecule has 0 aliphatic carbocycles. The standard InChI is InChI=1S/C9H8BClF3O/c11-6-3-7-15-9-5-2-1-4-8(9)10(12,13)14/h1-6H,7H2/q-1/b6-3+. The van der Waals surface area contributed by atoms with Crippen molar-refractivity contribution in [2.24, 2.45) is 0 Å². The van der Waals surface area contributed by atoms with Gasteiger partial charge in [-0.25, -0.2) is 0 Å². The number of para-hydroxylation sites is 1. The van der Waals surface area contributed by atoms with Crippen LogP contribution >= 0.6 is 11.6 Å². The van der Waals surface area contributed by atoms with Crippen LogP contribution < -0.4 is 10.2 Å². The Bertz CT molecular complexity index is 351. The lowest BCUT2D eigenvalue weighted by molar-refractivity contribution is 0.363. The fraction of sp³-hybridized carbons (Fsp3) is 0.111. The highest BCUT2D eigenvalue weighted by molar-refractivity contribution is 6.74. The lowest BCUT2D eigenvalue weighted by Gasteiger charge is -2.18. The van der Waals surface area contributed by atoms with Crippen molar-refractivity contribution in [1.82, 2.24) is 0 Å². The molecule has 0 saturated heterocycles. The lowest BCUT2D eigenvalue weighted by atomic mass is 9.79. The number of rotatable bonds is 4. The Labute approximate surface area is 90.6 Å². The molecular formula is C9H8BClF3O-. The Hall–Kier alpha value is -1.10. The van der Waals surface area contributed by atoms with E-state index in [1.807, 2.05) is 0 Å². The first-order chi connectivity index (χ1) is 7.05. The van der Waals surface area contributed by atoms with E-state index in [0.717, 1.165) is 6.07 Å². The summed E-state index contributed by atoms with van der Waals surface area (Å²) in [7, 11) is 0. The van der Waals surface area contributed by atoms with Crippen LogP contribution in [0.15, 0.2) is 35.9 Å². The summed E-state index contributed by atoms with van der Waals surface area (Å²) in [5, 5.41) is 0. The highest BCUT2D eigenvalue weighted by Gasteiger charge is 2.28. The van der Waals surface area contributed by atoms with Crippen LogP contribution in [-0.4, -0.2) is 13.6 Å². The molecule has 1 aromatic rings. The molecule has 1 rings (SSSR count). The highest BCUT2D eigenvalue weighted by atomic mass is 35.5. The third-order valence-corrected chi connectivity index (χ3v) is 1.87. The first kappa shape index (κ1) is 12.0. The summed E-state index contributed by atoms with van der Waals surface area (Å²) in [5.41, 5.74) is 0.474. The van der Waals surface area contributed by atoms with Gasteiger partial charge in [0.2, 0.25) is 0 Å². The van der Waals surface area contributed by atoms with Crippen molar-refractivity contribution in [2.45, 2.75) is 0 Å². The minimum Gasteiger partial charge on any atom is -0.492 e. The van der Waals surface area contributed by atoms with Gasteiger partial charge in [0, 0.05) is 5.54 Å². The molecule has 0 aromatic heterocycles. The van der Waals surface area contributed by atoms with Crippen molar-refractivity contribution in [3.8, 4) is 5.75 Å². The molecule has 0 fully saturated rings. The van der Waals surface area contributed by atoms with Crippen LogP contribution in [0, 0.1) is 0 Å². The normalized spacial score (nSPS) is 12.0. The van der Waals surface area contributed by atoms with Gasteiger partial charge in [-0.05, 0) is 12.1 Å². The van der Waals surface area contributed by atoms with Crippen LogP contribution in [0.1, 0.15) is 0 Å². The second kappa shape index (κ2) is 5.12. The van der Waals surface area contributed by atoms with E-state index >= 15 is 0 Å². The Balaban J connectivity index is 2.87. The molecule has 0 atom stereocenters. The molecule has 15 heavy (non-hydrogen) atoms. The summed E-state index contributed by atoms with van der Waals surface area (Å²) in [6, 6.07) is 5.10. The molecule has 0 unspecified atom stereocenters. The van der Waals surface area contributed by atoms with Crippen molar-refractivity contribution in [1.29, 1.82) is 0 Å². The van der Waals surface area contributed by atoms with E-state index in [1.165, 1.54) is 29.8 Å². The molecule has 1 nitrogen and oxygen atoms in total. The molecule has 1 aromatic carbocycles. The van der Waals surface area contributed by atoms with Gasteiger partial charge in [-0.1, -0.05) is 35.3 Å². The van der Waals surface area contributed by atoms with Gasteiger partial charge in [0.1, 0.15) is 6.61 Å². The maximum absolute atomic E-state index is 12.5. The molecule has 82 valence electrons. The highest BCUT2D eigenvalue weighted by Crippen LogP contribution is 2.17. The Kier molecular flexibility index (Phi) is 4.09. The van der Waals surface area contributed by atoms with E-state index in [0.29, 0.717) is 0 Å². The third-order valence-electron chi connectivity index (χ3n) is 1.70. The summed E-state index contributed by atoms with van der Waals surface area (Å²) in [6.45, 7) is -5.02. The van der Waals surface area contributed by atoms with Crippen LogP contribution in [0.4, 0.5) is 12.9 Å². The summed E-state index contributed by atoms with van der Waals surface area (Å²) in [5.74, 6) is -0.167. The van der Waals surface area contributed by atoms with Gasteiger partial charge in [-0.3, -0.25) is 0 Å². The van der Waals surface area contributed by atoms with Crippen molar-refractivity contribution >= 4 is 24.0 Å². The molecule has 0 radical (unpaired) electrons. The molecule has 0 saturated carbocycles. The van der Waals surface area contributed by atoms with Crippen molar-refractivity contribution < 1.29 is 17.7 Å². The van der Waals surface area contributed by atoms with Crippen molar-refractivity contribution in [3.63, 3.8) is 0 Å². The van der Waals surface area contributed by atoms with E-state index in [2.05, 4.69) is 0 Å². The Morgan fingerprint density at radius 2 is 1.93 bits per heavy atom. The Morgan fingerprint density at radius 1 is 1.27 bits per heavy atom. The topological polar surface area (TPSA) is 9.23 Å². The number of hydrogen-bond acceptors (Lipinski definition) is 1. The SMILES string of the molecule is F[B-](F)(F)c1ccccc1OC/C=C/Cl. The average molecular weight is 235 g/mol. The van der Waals surface area contributed by atoms with E-state index in [4.69, 9.17) is 16.3 Å². The van der Waals surface area contributed by atoms with Gasteiger partial charge in [0.25, 0.3) is 0 Å². The van der Waals surface area contributed by atoms with Gasteiger partial charge in [-0.15, -0.1) is 0 Å². The van der Waals surface area contributed by atoms with Gasteiger partial charge in [0.15, 0.2) is 0 Å². The zero-order valence-electron chi connectivity index (χ0n) is 7.67. The molecule has 0 bridgehead atoms. The third kappa shape index (κ3) is 3.51. The largest absolute Gasteiger partial charge is 0.513 e. The monoisotopic (exact) mass is 235 g/mol. The number of halogens is 4. The van der Waals surface area contributed by atoms with Crippen molar-refractivity contribution in [2.75, 3.05) is 6.61 Å². The minimum absolute atomic E-state index is 0.0205. The molecule has 6 heteroatoms. The van der Waals surface area contributed by atoms with E-state index < -0.39 is 12.4 Å². The van der Waals surface area contributed by atoms with Crippen LogP contribution in [0.25, 0.3) is 0 Å². The summed E-state index contributed by atoms with van der Waals surface area (Å²) < 4.78 is 42.4. The van der Waals surface area contributed by atoms with Crippen LogP contribution in [-0.2, 0) is 0 Å². The molecule has 0 spiro atoms. The zero-order valence-corrected chi connectivity index (χ0v) is 8.42. The average Bonchev–Trinajstić information content (AvgIpc) is 2.17. The summed E-state index contributed by atoms with van der Waals surface area (Å²) in [6.07, 6.45) is 1.42. The molecule has 0 aliphatic rings. The number of benzene rings is 1. The minimum atomic E-state index is -5.04. The van der Waals surface area contributed by atoms with Gasteiger partial charge < -0.3 is 17.7 Å². The second-order valence-corrected chi connectivity index (χ2v) is 3.04. The van der Waals surface area contributed by atoms with Crippen molar-refractivity contribution in [3.05, 3.63) is 35.9 Å². The Morgan fingerprint density at radius 3 is 2.53 bits per heavy atom. The van der Waals surface area contributed by atoms with Gasteiger partial charge in [0.05, 0.1) is 5.75 Å². The van der Waals surface area contributed by atoms with Crippen LogP contribution in [0.3, 0.4) is 0 Å². The van der Waals surface area contributed by atoms with Gasteiger partial charge in [-0.2, -0.15) is 0 Å². The zero-order chi connectivity index (χ0) is 11.3. The smallest absolute Gasteiger partial charge is 0.492 e. The quantitative estimate of drug-likeness (QED) is 0.729. The predicted molar refractivity (Wildman–Crippen MR) is 55.6 cm³/mol. The molecular weight excluding hydrogens is 227 g/mol. The van der Waals surface area contributed by atoms with E-state index in [9.17, 15) is 12.9 Å². The summed E-state index contributed by atoms with van der Waals surface area (Å²) >= 11 is 5.22. The second-order valence-electron chi connectivity index (χ2n) is 2.79. The fourth-order valence-electron chi connectivity index (χ4n) is 1.06. The molecule has 0 amide bonds. The van der Waals surface area contributed by atoms with E-state index in [1.54, 1.807) is 0 Å². The van der Waals surface area contributed by atoms with E-state index in [-0.39, 0.29) is 12.4 Å². The first-order valence-electron chi connectivity index (χ1n) is 4.22. The van der Waals surface area contributed by atoms with Gasteiger partial charge >= 0.3 is 6.98 Å². The summed E-state index contributed by atoms with van der Waals surface area (Å²) in [4.78, 5) is 0.